The van der Waals surface area contributed by atoms with Crippen molar-refractivity contribution in [3.63, 3.8) is 0 Å². The first-order valence-electron chi connectivity index (χ1n) is 4.03. The monoisotopic (exact) mass is 163 g/mol. The van der Waals surface area contributed by atoms with Crippen LogP contribution < -0.4 is 0 Å². The van der Waals surface area contributed by atoms with Crippen molar-refractivity contribution in [2.45, 2.75) is 32.4 Å². The lowest BCUT2D eigenvalue weighted by atomic mass is 9.52. The first-order chi connectivity index (χ1) is 5.72. The largest absolute Gasteiger partial charge is 0.469 e. The van der Waals surface area contributed by atoms with E-state index in [9.17, 15) is 4.79 Å². The summed E-state index contributed by atoms with van der Waals surface area (Å²) in [5.41, 5.74) is 0. The molecule has 0 atom stereocenters. The van der Waals surface area contributed by atoms with E-state index in [0.29, 0.717) is 12.7 Å². The summed E-state index contributed by atoms with van der Waals surface area (Å²) in [6.07, 6.45) is 2.89. The molecule has 0 bridgehead atoms. The fourth-order valence-electron chi connectivity index (χ4n) is 0.402. The van der Waals surface area contributed by atoms with Crippen molar-refractivity contribution in [3.8, 4) is 0 Å². The van der Waals surface area contributed by atoms with Gasteiger partial charge < -0.3 is 4.74 Å². The first kappa shape index (κ1) is 14.2. The summed E-state index contributed by atoms with van der Waals surface area (Å²) in [5, 5.41) is 0. The lowest BCUT2D eigenvalue weighted by molar-refractivity contribution is -0.140. The molecule has 2 nitrogen and oxygen atoms in total. The zero-order valence-corrected chi connectivity index (χ0v) is 7.88. The van der Waals surface area contributed by atoms with E-state index in [2.05, 4.69) is 4.74 Å². The standard InChI is InChI=1S/C5H10O2.C2H4B3/c1-3-4-5(6)7-2;3-1-2-5-4/h3-4H2,1-2H3;1-2H2. The van der Waals surface area contributed by atoms with Gasteiger partial charge >= 0.3 is 5.97 Å². The maximum Gasteiger partial charge on any atom is 0.305 e. The first-order valence-corrected chi connectivity index (χ1v) is 4.03. The highest BCUT2D eigenvalue weighted by atomic mass is 16.5. The Hall–Kier alpha value is -0.335. The van der Waals surface area contributed by atoms with Crippen LogP contribution in [0.4, 0.5) is 0 Å². The molecular weight excluding hydrogens is 149 g/mol. The molecule has 63 valence electrons. The van der Waals surface area contributed by atoms with Gasteiger partial charge in [-0.1, -0.05) is 19.6 Å². The Morgan fingerprint density at radius 3 is 2.25 bits per heavy atom. The van der Waals surface area contributed by atoms with Crippen LogP contribution in [0.15, 0.2) is 0 Å². The topological polar surface area (TPSA) is 26.3 Å². The second kappa shape index (κ2) is 13.3. The molecule has 0 aliphatic carbocycles. The van der Waals surface area contributed by atoms with Crippen LogP contribution in [0.5, 0.6) is 0 Å². The summed E-state index contributed by atoms with van der Waals surface area (Å²) in [6.45, 7) is 1.94. The number of hydrogen-bond acceptors (Lipinski definition) is 2. The lowest BCUT2D eigenvalue weighted by Gasteiger charge is -1.91. The fourth-order valence-corrected chi connectivity index (χ4v) is 0.402. The predicted octanol–water partition coefficient (Wildman–Crippen LogP) is 0.739. The molecule has 0 N–H and O–H groups in total. The minimum absolute atomic E-state index is 0.123. The molecule has 0 spiro atoms. The molecule has 0 heterocycles. The third-order valence-corrected chi connectivity index (χ3v) is 1.02. The van der Waals surface area contributed by atoms with Gasteiger partial charge in [-0.15, -0.1) is 0 Å². The molecule has 0 unspecified atom stereocenters. The molecule has 0 aromatic heterocycles. The molecule has 0 aliphatic heterocycles. The molecule has 0 aromatic rings. The third kappa shape index (κ3) is 16.3. The summed E-state index contributed by atoms with van der Waals surface area (Å²) >= 11 is 0. The molecule has 0 fully saturated rings. The van der Waals surface area contributed by atoms with Crippen LogP contribution in [0.2, 0.25) is 12.6 Å². The summed E-state index contributed by atoms with van der Waals surface area (Å²) in [5.74, 6) is -0.123. The molecule has 0 rings (SSSR count). The molecular formula is C7H14B3O2. The van der Waals surface area contributed by atoms with Crippen molar-refractivity contribution < 1.29 is 9.53 Å². The second-order valence-electron chi connectivity index (χ2n) is 2.14. The minimum atomic E-state index is -0.123. The summed E-state index contributed by atoms with van der Waals surface area (Å²) < 4.78 is 4.35. The van der Waals surface area contributed by atoms with E-state index in [0.717, 1.165) is 12.7 Å². The molecule has 0 aliphatic rings. The van der Waals surface area contributed by atoms with Gasteiger partial charge in [-0.25, -0.2) is 0 Å². The van der Waals surface area contributed by atoms with E-state index < -0.39 is 0 Å². The average Bonchev–Trinajstić information content (AvgIpc) is 2.07. The van der Waals surface area contributed by atoms with Gasteiger partial charge in [0.15, 0.2) is 0 Å². The van der Waals surface area contributed by atoms with Gasteiger partial charge in [0, 0.05) is 14.2 Å². The van der Waals surface area contributed by atoms with Gasteiger partial charge in [0.05, 0.1) is 22.1 Å². The Kier molecular flexibility index (Phi) is 15.7. The highest BCUT2D eigenvalue weighted by molar-refractivity contribution is 6.89. The second-order valence-corrected chi connectivity index (χ2v) is 2.14. The van der Waals surface area contributed by atoms with Crippen LogP contribution in [0.25, 0.3) is 0 Å². The Balaban J connectivity index is 0. The van der Waals surface area contributed by atoms with E-state index in [4.69, 9.17) is 15.6 Å². The predicted molar refractivity (Wildman–Crippen MR) is 53.8 cm³/mol. The minimum Gasteiger partial charge on any atom is -0.469 e. The SMILES string of the molecule is CCCC(=O)OC.[B][B]CC[B]. The van der Waals surface area contributed by atoms with Crippen LogP contribution in [-0.2, 0) is 9.53 Å². The van der Waals surface area contributed by atoms with Gasteiger partial charge in [-0.05, 0) is 6.42 Å². The lowest BCUT2D eigenvalue weighted by Crippen LogP contribution is -1.97. The van der Waals surface area contributed by atoms with Gasteiger partial charge in [-0.3, -0.25) is 4.79 Å². The number of ether oxygens (including phenoxy) is 1. The van der Waals surface area contributed by atoms with Crippen LogP contribution in [0, 0.1) is 0 Å². The summed E-state index contributed by atoms with van der Waals surface area (Å²) in [4.78, 5) is 10.2. The van der Waals surface area contributed by atoms with Crippen molar-refractivity contribution in [2.24, 2.45) is 0 Å². The van der Waals surface area contributed by atoms with Gasteiger partial charge in [0.1, 0.15) is 0 Å². The van der Waals surface area contributed by atoms with E-state index in [1.54, 1.807) is 7.17 Å². The van der Waals surface area contributed by atoms with Crippen molar-refractivity contribution in [1.29, 1.82) is 0 Å². The number of methoxy groups -OCH3 is 1. The van der Waals surface area contributed by atoms with Gasteiger partial charge in [-0.2, -0.15) is 0 Å². The Morgan fingerprint density at radius 2 is 2.17 bits per heavy atom. The van der Waals surface area contributed by atoms with Crippen molar-refractivity contribution in [2.75, 3.05) is 7.11 Å². The summed E-state index contributed by atoms with van der Waals surface area (Å²) in [6, 6.07) is 0. The van der Waals surface area contributed by atoms with Crippen LogP contribution in [0.3, 0.4) is 0 Å². The highest BCUT2D eigenvalue weighted by Gasteiger charge is 1.92. The third-order valence-electron chi connectivity index (χ3n) is 1.02. The highest BCUT2D eigenvalue weighted by Crippen LogP contribution is 1.86. The fraction of sp³-hybridized carbons (Fsp3) is 0.857. The number of carbonyl (C=O) groups excluding carboxylic acids is 1. The number of hydrogen-bond donors (Lipinski definition) is 0. The zero-order valence-electron chi connectivity index (χ0n) is 7.88. The van der Waals surface area contributed by atoms with E-state index in [-0.39, 0.29) is 5.97 Å². The number of rotatable bonds is 4. The van der Waals surface area contributed by atoms with Crippen molar-refractivity contribution in [3.05, 3.63) is 0 Å². The maximum absolute atomic E-state index is 10.2. The van der Waals surface area contributed by atoms with E-state index in [1.807, 2.05) is 6.92 Å². The number of carbonyl (C=O) groups is 1. The molecule has 5 heteroatoms. The van der Waals surface area contributed by atoms with E-state index >= 15 is 0 Å². The molecule has 0 aromatic carbocycles. The zero-order chi connectivity index (χ0) is 9.82. The van der Waals surface area contributed by atoms with E-state index in [1.165, 1.54) is 7.11 Å². The molecule has 0 amide bonds. The van der Waals surface area contributed by atoms with Gasteiger partial charge in [0.25, 0.3) is 0 Å². The Labute approximate surface area is 78.5 Å². The van der Waals surface area contributed by atoms with Crippen LogP contribution in [0.1, 0.15) is 19.8 Å². The smallest absolute Gasteiger partial charge is 0.305 e. The molecule has 5 radical (unpaired) electrons. The molecule has 12 heavy (non-hydrogen) atoms. The normalized spacial score (nSPS) is 7.83. The molecule has 0 saturated heterocycles. The van der Waals surface area contributed by atoms with Crippen molar-refractivity contribution >= 4 is 28.7 Å². The molecule has 0 saturated carbocycles. The average molecular weight is 163 g/mol. The Morgan fingerprint density at radius 1 is 1.58 bits per heavy atom. The maximum atomic E-state index is 10.2. The van der Waals surface area contributed by atoms with Gasteiger partial charge in [0.2, 0.25) is 0 Å². The van der Waals surface area contributed by atoms with Crippen LogP contribution >= 0.6 is 0 Å². The van der Waals surface area contributed by atoms with Crippen LogP contribution in [-0.4, -0.2) is 35.8 Å². The number of esters is 1. The summed E-state index contributed by atoms with van der Waals surface area (Å²) in [7, 11) is 12.9. The Bertz CT molecular complexity index is 96.7. The quantitative estimate of drug-likeness (QED) is 0.450. The van der Waals surface area contributed by atoms with Crippen molar-refractivity contribution in [1.82, 2.24) is 0 Å².